The van der Waals surface area contributed by atoms with E-state index in [-0.39, 0.29) is 23.0 Å². The van der Waals surface area contributed by atoms with Crippen LogP contribution in [0, 0.1) is 11.8 Å². The third kappa shape index (κ3) is 5.52. The minimum absolute atomic E-state index is 0.0585. The summed E-state index contributed by atoms with van der Waals surface area (Å²) in [7, 11) is -5.41. The molecule has 0 saturated heterocycles. The lowest BCUT2D eigenvalue weighted by Crippen LogP contribution is -2.47. The van der Waals surface area contributed by atoms with Crippen LogP contribution in [-0.4, -0.2) is 38.8 Å². The fourth-order valence-corrected chi connectivity index (χ4v) is 6.33. The van der Waals surface area contributed by atoms with E-state index in [1.807, 2.05) is 33.8 Å². The zero-order valence-corrected chi connectivity index (χ0v) is 19.9. The number of hydrogen-bond donors (Lipinski definition) is 1. The predicted molar refractivity (Wildman–Crippen MR) is 110 cm³/mol. The van der Waals surface area contributed by atoms with Crippen LogP contribution in [0.5, 0.6) is 0 Å². The molecular formula is C19H39O5PSi. The summed E-state index contributed by atoms with van der Waals surface area (Å²) in [5.74, 6) is -0.202. The van der Waals surface area contributed by atoms with Gasteiger partial charge in [-0.1, -0.05) is 40.7 Å². The first-order valence-corrected chi connectivity index (χ1v) is 14.2. The van der Waals surface area contributed by atoms with Crippen LogP contribution in [-0.2, 0) is 18.0 Å². The van der Waals surface area contributed by atoms with Crippen LogP contribution in [0.15, 0.2) is 11.4 Å². The second kappa shape index (κ2) is 9.02. The summed E-state index contributed by atoms with van der Waals surface area (Å²) in [4.78, 5) is 0. The lowest BCUT2D eigenvalue weighted by atomic mass is 9.91. The average molecular weight is 407 g/mol. The fourth-order valence-electron chi connectivity index (χ4n) is 3.01. The van der Waals surface area contributed by atoms with Gasteiger partial charge in [-0.3, -0.25) is 4.57 Å². The largest absolute Gasteiger partial charge is 0.413 e. The van der Waals surface area contributed by atoms with Gasteiger partial charge in [-0.05, 0) is 32.0 Å². The molecule has 4 atom stereocenters. The molecule has 7 heteroatoms. The van der Waals surface area contributed by atoms with Crippen LogP contribution in [0.1, 0.15) is 54.9 Å². The molecule has 1 N–H and O–H groups in total. The van der Waals surface area contributed by atoms with E-state index in [0.717, 1.165) is 0 Å². The summed E-state index contributed by atoms with van der Waals surface area (Å²) in [6, 6.07) is 0. The molecule has 26 heavy (non-hydrogen) atoms. The van der Waals surface area contributed by atoms with Gasteiger partial charge in [0.05, 0.1) is 25.4 Å². The van der Waals surface area contributed by atoms with Gasteiger partial charge < -0.3 is 18.6 Å². The highest BCUT2D eigenvalue weighted by molar-refractivity contribution is 7.58. The fraction of sp³-hybridized carbons (Fsp3) is 0.895. The van der Waals surface area contributed by atoms with Crippen molar-refractivity contribution in [2.45, 2.75) is 85.2 Å². The van der Waals surface area contributed by atoms with E-state index in [1.165, 1.54) is 0 Å². The quantitative estimate of drug-likeness (QED) is 0.443. The van der Waals surface area contributed by atoms with Crippen LogP contribution in [0.25, 0.3) is 0 Å². The summed E-state index contributed by atoms with van der Waals surface area (Å²) < 4.78 is 31.1. The van der Waals surface area contributed by atoms with Crippen LogP contribution in [0.3, 0.4) is 0 Å². The molecule has 0 saturated carbocycles. The normalized spacial score (nSPS) is 28.6. The topological polar surface area (TPSA) is 65.0 Å². The Kier molecular flexibility index (Phi) is 8.35. The highest BCUT2D eigenvalue weighted by Gasteiger charge is 2.44. The van der Waals surface area contributed by atoms with Crippen molar-refractivity contribution < 1.29 is 23.1 Å². The lowest BCUT2D eigenvalue weighted by Gasteiger charge is -2.41. The minimum Gasteiger partial charge on any atom is -0.413 e. The van der Waals surface area contributed by atoms with Crippen LogP contribution < -0.4 is 0 Å². The molecule has 154 valence electrons. The lowest BCUT2D eigenvalue weighted by molar-refractivity contribution is 0.0152. The highest BCUT2D eigenvalue weighted by atomic mass is 31.2. The Bertz CT molecular complexity index is 531. The Labute approximate surface area is 161 Å². The molecule has 0 heterocycles. The third-order valence-corrected chi connectivity index (χ3v) is 12.5. The average Bonchev–Trinajstić information content (AvgIpc) is 2.59. The second-order valence-electron chi connectivity index (χ2n) is 8.82. The molecule has 0 fully saturated rings. The molecule has 0 radical (unpaired) electrons. The van der Waals surface area contributed by atoms with Gasteiger partial charge in [0.1, 0.15) is 0 Å². The number of aliphatic hydroxyl groups is 1. The van der Waals surface area contributed by atoms with Gasteiger partial charge in [-0.2, -0.15) is 0 Å². The Morgan fingerprint density at radius 2 is 1.69 bits per heavy atom. The summed E-state index contributed by atoms with van der Waals surface area (Å²) in [5.41, 5.74) is 0. The van der Waals surface area contributed by atoms with Crippen molar-refractivity contribution in [1.82, 2.24) is 0 Å². The van der Waals surface area contributed by atoms with Crippen molar-refractivity contribution in [3.63, 3.8) is 0 Å². The van der Waals surface area contributed by atoms with E-state index in [1.54, 1.807) is 0 Å². The van der Waals surface area contributed by atoms with Crippen molar-refractivity contribution in [3.05, 3.63) is 11.4 Å². The summed E-state index contributed by atoms with van der Waals surface area (Å²) in [5, 5.41) is 11.5. The Balaban J connectivity index is 3.26. The maximum absolute atomic E-state index is 13.3. The van der Waals surface area contributed by atoms with Crippen molar-refractivity contribution in [3.8, 4) is 0 Å². The van der Waals surface area contributed by atoms with Crippen LogP contribution in [0.4, 0.5) is 0 Å². The van der Waals surface area contributed by atoms with Crippen LogP contribution in [0.2, 0.25) is 18.1 Å². The molecule has 5 nitrogen and oxygen atoms in total. The van der Waals surface area contributed by atoms with Crippen molar-refractivity contribution >= 4 is 15.9 Å². The molecular weight excluding hydrogens is 367 g/mol. The predicted octanol–water partition coefficient (Wildman–Crippen LogP) is 5.56. The van der Waals surface area contributed by atoms with E-state index in [9.17, 15) is 9.67 Å². The molecule has 0 aromatic heterocycles. The van der Waals surface area contributed by atoms with Crippen molar-refractivity contribution in [1.29, 1.82) is 0 Å². The maximum atomic E-state index is 13.3. The molecule has 0 aromatic rings. The first-order valence-electron chi connectivity index (χ1n) is 9.75. The van der Waals surface area contributed by atoms with Gasteiger partial charge in [0.15, 0.2) is 8.32 Å². The molecule has 0 unspecified atom stereocenters. The standard InChI is InChI=1S/C19H39O5PSi/c1-10-22-25(21,23-11-2)16-12-14(3)18(20)15(4)17(13-16)24-26(8,9)19(5,6)7/h12,14-15,17-18,20H,10-11,13H2,1-9H3/t14-,15-,17+,18-/m0/s1. The number of hydrogen-bond acceptors (Lipinski definition) is 5. The van der Waals surface area contributed by atoms with Gasteiger partial charge in [0, 0.05) is 23.6 Å². The number of rotatable bonds is 7. The molecule has 0 aliphatic heterocycles. The van der Waals surface area contributed by atoms with E-state index >= 15 is 0 Å². The van der Waals surface area contributed by atoms with Crippen LogP contribution >= 0.6 is 7.60 Å². The Hall–Kier alpha value is 0.0269. The second-order valence-corrected chi connectivity index (χ2v) is 15.7. The van der Waals surface area contributed by atoms with E-state index in [2.05, 4.69) is 33.9 Å². The zero-order valence-electron chi connectivity index (χ0n) is 18.0. The summed E-state index contributed by atoms with van der Waals surface area (Å²) in [6.45, 7) is 19.2. The summed E-state index contributed by atoms with van der Waals surface area (Å²) in [6.07, 6.45) is 1.57. The van der Waals surface area contributed by atoms with E-state index in [4.69, 9.17) is 13.5 Å². The Morgan fingerprint density at radius 1 is 1.19 bits per heavy atom. The van der Waals surface area contributed by atoms with Gasteiger partial charge in [0.25, 0.3) is 0 Å². The van der Waals surface area contributed by atoms with Gasteiger partial charge in [-0.25, -0.2) is 0 Å². The molecule has 1 aliphatic rings. The molecule has 0 aromatic carbocycles. The molecule has 1 rings (SSSR count). The molecule has 0 spiro atoms. The summed E-state index contributed by atoms with van der Waals surface area (Å²) >= 11 is 0. The zero-order chi connectivity index (χ0) is 20.3. The monoisotopic (exact) mass is 406 g/mol. The highest BCUT2D eigenvalue weighted by Crippen LogP contribution is 2.59. The molecule has 1 aliphatic carbocycles. The molecule has 0 amide bonds. The van der Waals surface area contributed by atoms with Gasteiger partial charge >= 0.3 is 7.60 Å². The van der Waals surface area contributed by atoms with Gasteiger partial charge in [-0.15, -0.1) is 0 Å². The van der Waals surface area contributed by atoms with Gasteiger partial charge in [0.2, 0.25) is 0 Å². The van der Waals surface area contributed by atoms with E-state index < -0.39 is 22.0 Å². The first kappa shape index (κ1) is 24.1. The smallest absolute Gasteiger partial charge is 0.357 e. The minimum atomic E-state index is -3.37. The van der Waals surface area contributed by atoms with E-state index in [0.29, 0.717) is 24.9 Å². The Morgan fingerprint density at radius 3 is 2.12 bits per heavy atom. The van der Waals surface area contributed by atoms with Crippen molar-refractivity contribution in [2.24, 2.45) is 11.8 Å². The van der Waals surface area contributed by atoms with Crippen molar-refractivity contribution in [2.75, 3.05) is 13.2 Å². The SMILES string of the molecule is CCOP(=O)(OCC)C1=C[C@H](C)[C@H](O)[C@@H](C)[C@H](O[Si](C)(C)C(C)(C)C)C1. The first-order chi connectivity index (χ1) is 11.8. The molecule has 0 bridgehead atoms. The maximum Gasteiger partial charge on any atom is 0.357 e. The number of aliphatic hydroxyl groups excluding tert-OH is 1. The third-order valence-electron chi connectivity index (χ3n) is 5.73.